The Morgan fingerprint density at radius 2 is 1.67 bits per heavy atom. The monoisotopic (exact) mass is 702 g/mol. The fourth-order valence-corrected chi connectivity index (χ4v) is 6.51. The van der Waals surface area contributed by atoms with Crippen molar-refractivity contribution in [1.82, 2.24) is 14.8 Å². The van der Waals surface area contributed by atoms with Crippen LogP contribution in [-0.4, -0.2) is 60.3 Å². The number of nitrogens with one attached hydrogen (secondary N) is 3. The van der Waals surface area contributed by atoms with Crippen molar-refractivity contribution in [2.45, 2.75) is 42.7 Å². The van der Waals surface area contributed by atoms with Crippen LogP contribution in [-0.2, 0) is 34.1 Å². The maximum atomic E-state index is 14.3. The first kappa shape index (κ1) is 35.3. The summed E-state index contributed by atoms with van der Waals surface area (Å²) in [6.07, 6.45) is -1.24. The molecule has 46 heavy (non-hydrogen) atoms. The second-order valence-corrected chi connectivity index (χ2v) is 14.1. The van der Waals surface area contributed by atoms with E-state index in [1.165, 1.54) is 42.5 Å². The molecule has 3 aromatic rings. The van der Waals surface area contributed by atoms with Gasteiger partial charge in [-0.2, -0.15) is 26.3 Å². The molecule has 3 aromatic carbocycles. The average molecular weight is 703 g/mol. The summed E-state index contributed by atoms with van der Waals surface area (Å²) in [6.45, 7) is -0.260. The van der Waals surface area contributed by atoms with E-state index in [1.807, 2.05) is 9.44 Å². The van der Waals surface area contributed by atoms with Gasteiger partial charge in [0.15, 0.2) is 0 Å². The lowest BCUT2D eigenvalue weighted by atomic mass is 9.87. The Balaban J connectivity index is 1.50. The summed E-state index contributed by atoms with van der Waals surface area (Å²) in [7, 11) is -8.60. The van der Waals surface area contributed by atoms with Gasteiger partial charge in [0.05, 0.1) is 18.0 Å². The number of rotatable bonds is 14. The number of carbonyl (C=O) groups excluding carboxylic acids is 2. The molecule has 4 rings (SSSR count). The highest BCUT2D eigenvalue weighted by Gasteiger charge is 2.47. The molecular formula is C29H30ClF3N4O7S2. The predicted octanol–water partition coefficient (Wildman–Crippen LogP) is 3.61. The lowest BCUT2D eigenvalue weighted by Crippen LogP contribution is -2.55. The van der Waals surface area contributed by atoms with E-state index in [2.05, 4.69) is 5.32 Å². The van der Waals surface area contributed by atoms with Crippen LogP contribution >= 0.6 is 11.6 Å². The number of halogens is 4. The number of hydrogen-bond acceptors (Lipinski definition) is 7. The first-order valence-corrected chi connectivity index (χ1v) is 17.0. The van der Waals surface area contributed by atoms with Gasteiger partial charge in [0.2, 0.25) is 11.8 Å². The first-order chi connectivity index (χ1) is 21.6. The standard InChI is InChI=1S/C29H30ClF3N4O7S2/c1-19-9-11-23(12-10-19)45(40,41)44-14-13-34-46(42,43)35-18-26(38)37(22-6-4-5-20(31)15-22)27(24-7-2-3-8-25(24)30)28(39)36-21-16-29(32,33)17-21/h2-12,15,21,27,34-35H,13-14,16-18H2,1H3,(H,36,39)/t27-/m1/s1. The molecule has 0 aromatic heterocycles. The fourth-order valence-electron chi connectivity index (χ4n) is 4.59. The third-order valence-electron chi connectivity index (χ3n) is 6.85. The minimum atomic E-state index is -4.44. The molecule has 1 aliphatic rings. The topological polar surface area (TPSA) is 151 Å². The minimum Gasteiger partial charge on any atom is -0.351 e. The molecule has 0 bridgehead atoms. The maximum Gasteiger partial charge on any atom is 0.297 e. The van der Waals surface area contributed by atoms with Gasteiger partial charge in [-0.15, -0.1) is 0 Å². The third-order valence-corrected chi connectivity index (χ3v) is 9.63. The highest BCUT2D eigenvalue weighted by molar-refractivity contribution is 7.87. The lowest BCUT2D eigenvalue weighted by molar-refractivity contribution is -0.132. The molecule has 0 heterocycles. The molecule has 0 unspecified atom stereocenters. The molecular weight excluding hydrogens is 673 g/mol. The van der Waals surface area contributed by atoms with E-state index in [4.69, 9.17) is 15.8 Å². The lowest BCUT2D eigenvalue weighted by Gasteiger charge is -2.38. The van der Waals surface area contributed by atoms with E-state index in [0.29, 0.717) is 0 Å². The van der Waals surface area contributed by atoms with Crippen LogP contribution < -0.4 is 19.7 Å². The van der Waals surface area contributed by atoms with Crippen LogP contribution in [0.2, 0.25) is 5.02 Å². The van der Waals surface area contributed by atoms with Gasteiger partial charge in [-0.25, -0.2) is 13.2 Å². The van der Waals surface area contributed by atoms with Crippen molar-refractivity contribution in [1.29, 1.82) is 0 Å². The van der Waals surface area contributed by atoms with E-state index in [-0.39, 0.29) is 21.2 Å². The predicted molar refractivity (Wildman–Crippen MR) is 163 cm³/mol. The Kier molecular flexibility index (Phi) is 11.1. The Hall–Kier alpha value is -3.54. The number of alkyl halides is 2. The summed E-state index contributed by atoms with van der Waals surface area (Å²) in [5.41, 5.74) is 0.745. The van der Waals surface area contributed by atoms with Crippen molar-refractivity contribution < 1.29 is 43.8 Å². The van der Waals surface area contributed by atoms with Gasteiger partial charge >= 0.3 is 0 Å². The summed E-state index contributed by atoms with van der Waals surface area (Å²) in [5.74, 6) is -5.68. The fraction of sp³-hybridized carbons (Fsp3) is 0.310. The number of aryl methyl sites for hydroxylation is 1. The summed E-state index contributed by atoms with van der Waals surface area (Å²) >= 11 is 6.37. The van der Waals surface area contributed by atoms with Crippen molar-refractivity contribution >= 4 is 49.4 Å². The van der Waals surface area contributed by atoms with Crippen molar-refractivity contribution in [3.8, 4) is 0 Å². The van der Waals surface area contributed by atoms with Crippen molar-refractivity contribution in [2.24, 2.45) is 0 Å². The van der Waals surface area contributed by atoms with Crippen LogP contribution in [0.1, 0.15) is 30.0 Å². The molecule has 0 radical (unpaired) electrons. The normalized spacial score (nSPS) is 15.5. The molecule has 0 aliphatic heterocycles. The Bertz CT molecular complexity index is 1790. The van der Waals surface area contributed by atoms with Crippen LogP contribution in [0.25, 0.3) is 0 Å². The van der Waals surface area contributed by atoms with Crippen molar-refractivity contribution in [3.05, 3.63) is 94.8 Å². The molecule has 1 aliphatic carbocycles. The number of anilines is 1. The van der Waals surface area contributed by atoms with Gasteiger partial charge in [0, 0.05) is 41.7 Å². The zero-order valence-electron chi connectivity index (χ0n) is 24.3. The van der Waals surface area contributed by atoms with Crippen LogP contribution in [0.3, 0.4) is 0 Å². The molecule has 2 amide bonds. The molecule has 1 fully saturated rings. The summed E-state index contributed by atoms with van der Waals surface area (Å²) < 4.78 is 100. The second-order valence-electron chi connectivity index (χ2n) is 10.4. The van der Waals surface area contributed by atoms with E-state index < -0.39 is 88.5 Å². The molecule has 3 N–H and O–H groups in total. The van der Waals surface area contributed by atoms with Crippen LogP contribution in [0.5, 0.6) is 0 Å². The minimum absolute atomic E-state index is 0.0265. The number of hydrogen-bond donors (Lipinski definition) is 3. The Morgan fingerprint density at radius 1 is 1.00 bits per heavy atom. The van der Waals surface area contributed by atoms with E-state index in [0.717, 1.165) is 22.6 Å². The van der Waals surface area contributed by atoms with Gasteiger partial charge in [-0.05, 0) is 43.3 Å². The maximum absolute atomic E-state index is 14.3. The van der Waals surface area contributed by atoms with Gasteiger partial charge < -0.3 is 5.32 Å². The molecule has 0 spiro atoms. The zero-order chi connectivity index (χ0) is 33.7. The summed E-state index contributed by atoms with van der Waals surface area (Å²) in [6, 6.07) is 13.8. The smallest absolute Gasteiger partial charge is 0.297 e. The van der Waals surface area contributed by atoms with Gasteiger partial charge in [0.1, 0.15) is 11.9 Å². The second kappa shape index (κ2) is 14.5. The number of amides is 2. The highest BCUT2D eigenvalue weighted by Crippen LogP contribution is 2.39. The van der Waals surface area contributed by atoms with Crippen LogP contribution in [0.15, 0.2) is 77.7 Å². The SMILES string of the molecule is Cc1ccc(S(=O)(=O)OCCNS(=O)(=O)NCC(=O)N(c2cccc(F)c2)[C@@H](C(=O)NC2CC(F)(F)C2)c2ccccc2Cl)cc1. The van der Waals surface area contributed by atoms with Gasteiger partial charge in [-0.3, -0.25) is 18.7 Å². The van der Waals surface area contributed by atoms with Crippen LogP contribution in [0.4, 0.5) is 18.9 Å². The molecule has 248 valence electrons. The average Bonchev–Trinajstić information content (AvgIpc) is 2.97. The molecule has 0 saturated heterocycles. The number of benzene rings is 3. The summed E-state index contributed by atoms with van der Waals surface area (Å²) in [5, 5.41) is 2.50. The van der Waals surface area contributed by atoms with E-state index in [9.17, 15) is 39.6 Å². The third kappa shape index (κ3) is 9.27. The quantitative estimate of drug-likeness (QED) is 0.172. The number of carbonyl (C=O) groups is 2. The molecule has 11 nitrogen and oxygen atoms in total. The van der Waals surface area contributed by atoms with Crippen molar-refractivity contribution in [2.75, 3.05) is 24.6 Å². The molecule has 1 atom stereocenters. The van der Waals surface area contributed by atoms with E-state index in [1.54, 1.807) is 25.1 Å². The first-order valence-electron chi connectivity index (χ1n) is 13.8. The van der Waals surface area contributed by atoms with Crippen LogP contribution in [0, 0.1) is 12.7 Å². The highest BCUT2D eigenvalue weighted by atomic mass is 35.5. The summed E-state index contributed by atoms with van der Waals surface area (Å²) in [4.78, 5) is 27.9. The molecule has 1 saturated carbocycles. The Labute approximate surface area is 269 Å². The number of nitrogens with zero attached hydrogens (tertiary/aromatic N) is 1. The van der Waals surface area contributed by atoms with Gasteiger partial charge in [0.25, 0.3) is 26.2 Å². The van der Waals surface area contributed by atoms with E-state index >= 15 is 0 Å². The van der Waals surface area contributed by atoms with Gasteiger partial charge in [-0.1, -0.05) is 53.6 Å². The largest absolute Gasteiger partial charge is 0.351 e. The van der Waals surface area contributed by atoms with Crippen molar-refractivity contribution in [3.63, 3.8) is 0 Å². The Morgan fingerprint density at radius 3 is 2.30 bits per heavy atom. The molecule has 17 heteroatoms. The zero-order valence-corrected chi connectivity index (χ0v) is 26.6.